The van der Waals surface area contributed by atoms with E-state index in [9.17, 15) is 42.5 Å². The average Bonchev–Trinajstić information content (AvgIpc) is 2.32. The van der Waals surface area contributed by atoms with Crippen LogP contribution in [0.3, 0.4) is 0 Å². The molecule has 3 fully saturated rings. The summed E-state index contributed by atoms with van der Waals surface area (Å²) >= 11 is 6.27. The third-order valence-electron chi connectivity index (χ3n) is 17.2. The number of anilines is 3. The van der Waals surface area contributed by atoms with Gasteiger partial charge in [0.05, 0.1) is 21.6 Å². The predicted octanol–water partition coefficient (Wildman–Crippen LogP) is 9.52. The number of aromatic nitrogens is 2. The first-order chi connectivity index (χ1) is 41.3. The number of fused-ring (bicyclic) bond motifs is 2. The van der Waals surface area contributed by atoms with Crippen molar-refractivity contribution in [3.8, 4) is 11.5 Å². The predicted molar refractivity (Wildman–Crippen MR) is 328 cm³/mol. The first-order valence-electron chi connectivity index (χ1n) is 29.4. The van der Waals surface area contributed by atoms with Crippen LogP contribution in [0, 0.1) is 21.4 Å². The third kappa shape index (κ3) is 13.5. The summed E-state index contributed by atoms with van der Waals surface area (Å²) < 4.78 is 36.5. The van der Waals surface area contributed by atoms with Crippen LogP contribution in [-0.4, -0.2) is 132 Å². The summed E-state index contributed by atoms with van der Waals surface area (Å²) in [5, 5.41) is 22.9. The summed E-state index contributed by atoms with van der Waals surface area (Å²) in [6, 6.07) is 24.9. The van der Waals surface area contributed by atoms with E-state index in [1.54, 1.807) is 36.5 Å². The van der Waals surface area contributed by atoms with Crippen LogP contribution in [0.1, 0.15) is 110 Å². The second-order valence-corrected chi connectivity index (χ2v) is 25.9. The molecule has 0 bridgehead atoms. The van der Waals surface area contributed by atoms with E-state index in [0.717, 1.165) is 80.1 Å². The van der Waals surface area contributed by atoms with Crippen molar-refractivity contribution < 1.29 is 42.1 Å². The SMILES string of the molecule is CC1(C)CCC(CN2CCN(c3ccc(C(=O)NS(=O)(=O)c4ccc(NCC5CCCN(C(=O)CCCCNc6cccc7c6CN(C6CCC(=O)NC6=O)C7=O)C5)c([N+](=O)[O-])c4)c(Oc4cnc5[nH]ccc5c4)c3)CC2)=C(c2ccc(Cl)cc2)C1. The molecule has 2 unspecified atom stereocenters. The quantitative estimate of drug-likeness (QED) is 0.0206. The van der Waals surface area contributed by atoms with Crippen molar-refractivity contribution in [3.05, 3.63) is 146 Å². The Morgan fingerprint density at radius 1 is 0.907 bits per heavy atom. The van der Waals surface area contributed by atoms with Gasteiger partial charge in [0.25, 0.3) is 27.5 Å². The first-order valence-corrected chi connectivity index (χ1v) is 31.3. The molecule has 0 saturated carbocycles. The Kier molecular flexibility index (Phi) is 17.5. The molecule has 450 valence electrons. The molecule has 86 heavy (non-hydrogen) atoms. The van der Waals surface area contributed by atoms with E-state index in [2.05, 4.69) is 66.4 Å². The summed E-state index contributed by atoms with van der Waals surface area (Å²) in [7, 11) is -4.67. The number of ether oxygens (including phenoxy) is 1. The number of likely N-dealkylation sites (tertiary alicyclic amines) is 1. The fraction of sp³-hybridized carbons (Fsp3) is 0.397. The summed E-state index contributed by atoms with van der Waals surface area (Å²) in [5.41, 5.74) is 7.26. The van der Waals surface area contributed by atoms with Crippen LogP contribution in [0.25, 0.3) is 16.6 Å². The van der Waals surface area contributed by atoms with Crippen molar-refractivity contribution >= 4 is 90.5 Å². The number of carbonyl (C=O) groups excluding carboxylic acids is 5. The molecule has 4 aromatic carbocycles. The number of piperidine rings is 2. The first kappa shape index (κ1) is 59.4. The number of halogens is 1. The van der Waals surface area contributed by atoms with E-state index >= 15 is 0 Å². The number of imide groups is 1. The number of nitro benzene ring substituents is 1. The number of unbranched alkanes of at least 4 members (excludes halogenated alkanes) is 1. The number of pyridine rings is 1. The van der Waals surface area contributed by atoms with Gasteiger partial charge in [-0.3, -0.25) is 44.3 Å². The molecule has 6 aromatic rings. The summed E-state index contributed by atoms with van der Waals surface area (Å²) in [6.45, 7) is 10.6. The Balaban J connectivity index is 0.694. The fourth-order valence-electron chi connectivity index (χ4n) is 12.4. The van der Waals surface area contributed by atoms with Crippen LogP contribution in [0.4, 0.5) is 22.7 Å². The van der Waals surface area contributed by atoms with E-state index in [0.29, 0.717) is 74.0 Å². The van der Waals surface area contributed by atoms with Crippen molar-refractivity contribution in [2.75, 3.05) is 74.4 Å². The van der Waals surface area contributed by atoms with Gasteiger partial charge in [-0.1, -0.05) is 49.2 Å². The Labute approximate surface area is 504 Å². The summed E-state index contributed by atoms with van der Waals surface area (Å²) in [6.07, 6.45) is 9.95. The lowest BCUT2D eigenvalue weighted by Crippen LogP contribution is -2.52. The number of benzene rings is 4. The Bertz CT molecular complexity index is 3770. The molecule has 5 amide bonds. The number of hydrogen-bond donors (Lipinski definition) is 5. The number of nitrogens with zero attached hydrogens (tertiary/aromatic N) is 6. The number of hydrogen-bond acceptors (Lipinski definition) is 15. The summed E-state index contributed by atoms with van der Waals surface area (Å²) in [4.78, 5) is 92.0. The number of piperazine rings is 1. The molecule has 0 spiro atoms. The standard InChI is InChI=1S/C63H70ClN11O10S/c1-63(2)23-21-43(50(34-63)41-11-13-44(64)14-12-41)38-71-27-29-72(30-28-71)45-15-17-49(56(32-45)85-46-31-42-22-25-66-59(42)68-36-46)60(78)70-86(83,84)47-16-18-53(55(33-47)75(81)82)67-35-40-7-6-26-73(37-40)58(77)10-3-4-24-65-52-9-5-8-48-51(52)39-74(62(48)80)54-19-20-57(76)69-61(54)79/h5,8-9,11-18,22,25,31-33,36,40,54,65,67H,3-4,6-7,10,19-21,23-24,26-30,34-35,37-39H2,1-2H3,(H,66,68)(H,70,78)(H,69,76,79). The minimum absolute atomic E-state index is 0.000249. The molecule has 2 aromatic heterocycles. The minimum atomic E-state index is -4.67. The lowest BCUT2D eigenvalue weighted by molar-refractivity contribution is -0.384. The third-order valence-corrected chi connectivity index (χ3v) is 18.8. The Hall–Kier alpha value is -8.34. The number of carbonyl (C=O) groups is 5. The minimum Gasteiger partial charge on any atom is -0.455 e. The van der Waals surface area contributed by atoms with Crippen molar-refractivity contribution in [1.82, 2.24) is 34.7 Å². The largest absolute Gasteiger partial charge is 0.455 e. The van der Waals surface area contributed by atoms with E-state index < -0.39 is 43.4 Å². The number of aromatic amines is 1. The van der Waals surface area contributed by atoms with Gasteiger partial charge in [-0.25, -0.2) is 18.1 Å². The van der Waals surface area contributed by atoms with Gasteiger partial charge in [-0.05, 0) is 134 Å². The molecule has 2 atom stereocenters. The Morgan fingerprint density at radius 3 is 2.51 bits per heavy atom. The highest BCUT2D eigenvalue weighted by molar-refractivity contribution is 7.90. The topological polar surface area (TPSA) is 262 Å². The highest BCUT2D eigenvalue weighted by Crippen LogP contribution is 2.44. The second kappa shape index (κ2) is 25.3. The number of H-pyrrole nitrogens is 1. The second-order valence-electron chi connectivity index (χ2n) is 23.8. The van der Waals surface area contributed by atoms with E-state index in [1.165, 1.54) is 46.0 Å². The molecule has 11 rings (SSSR count). The maximum atomic E-state index is 14.2. The van der Waals surface area contributed by atoms with Gasteiger partial charge in [0.15, 0.2) is 0 Å². The van der Waals surface area contributed by atoms with Crippen LogP contribution in [-0.2, 0) is 31.0 Å². The van der Waals surface area contributed by atoms with Gasteiger partial charge >= 0.3 is 0 Å². The zero-order valence-electron chi connectivity index (χ0n) is 48.2. The molecule has 5 N–H and O–H groups in total. The van der Waals surface area contributed by atoms with Crippen molar-refractivity contribution in [1.29, 1.82) is 0 Å². The molecule has 4 aliphatic heterocycles. The smallest absolute Gasteiger partial charge is 0.293 e. The molecular formula is C63H70ClN11O10S. The maximum absolute atomic E-state index is 14.2. The Morgan fingerprint density at radius 2 is 1.72 bits per heavy atom. The zero-order valence-corrected chi connectivity index (χ0v) is 49.7. The molecule has 21 nitrogen and oxygen atoms in total. The average molecular weight is 1210 g/mol. The highest BCUT2D eigenvalue weighted by atomic mass is 35.5. The fourth-order valence-corrected chi connectivity index (χ4v) is 13.6. The normalized spacial score (nSPS) is 19.1. The van der Waals surface area contributed by atoms with Crippen LogP contribution in [0.2, 0.25) is 5.02 Å². The monoisotopic (exact) mass is 1210 g/mol. The van der Waals surface area contributed by atoms with Crippen molar-refractivity contribution in [2.45, 2.75) is 95.5 Å². The maximum Gasteiger partial charge on any atom is 0.293 e. The number of amides is 5. The van der Waals surface area contributed by atoms with Crippen molar-refractivity contribution in [2.24, 2.45) is 11.3 Å². The lowest BCUT2D eigenvalue weighted by atomic mass is 9.72. The number of sulfonamides is 1. The number of nitro groups is 1. The molecule has 6 heterocycles. The van der Waals surface area contributed by atoms with E-state index in [4.69, 9.17) is 16.3 Å². The van der Waals surface area contributed by atoms with Gasteiger partial charge in [0, 0.05) is 130 Å². The molecule has 5 aliphatic rings. The number of allylic oxidation sites excluding steroid dienone is 1. The highest BCUT2D eigenvalue weighted by Gasteiger charge is 2.40. The summed E-state index contributed by atoms with van der Waals surface area (Å²) in [5.74, 6) is -1.69. The molecule has 0 radical (unpaired) electrons. The molecule has 1 aliphatic carbocycles. The van der Waals surface area contributed by atoms with Crippen LogP contribution in [0.15, 0.2) is 114 Å². The molecule has 23 heteroatoms. The van der Waals surface area contributed by atoms with Gasteiger partial charge < -0.3 is 35.1 Å². The number of rotatable bonds is 20. The van der Waals surface area contributed by atoms with Crippen molar-refractivity contribution in [3.63, 3.8) is 0 Å². The van der Waals surface area contributed by atoms with Crippen LogP contribution in [0.5, 0.6) is 11.5 Å². The van der Waals surface area contributed by atoms with Gasteiger partial charge in [0.1, 0.15) is 28.9 Å². The molecular weight excluding hydrogens is 1140 g/mol. The molecule has 3 saturated heterocycles. The van der Waals surface area contributed by atoms with Gasteiger partial charge in [-0.15, -0.1) is 0 Å². The van der Waals surface area contributed by atoms with Crippen LogP contribution >= 0.6 is 11.6 Å². The lowest BCUT2D eigenvalue weighted by Gasteiger charge is -2.39. The zero-order chi connectivity index (χ0) is 60.3. The van der Waals surface area contributed by atoms with E-state index in [1.807, 2.05) is 29.2 Å². The van der Waals surface area contributed by atoms with E-state index in [-0.39, 0.29) is 72.0 Å². The van der Waals surface area contributed by atoms with Gasteiger partial charge in [0.2, 0.25) is 17.7 Å². The van der Waals surface area contributed by atoms with Gasteiger partial charge in [-0.2, -0.15) is 0 Å². The van der Waals surface area contributed by atoms with Crippen LogP contribution < -0.4 is 30.3 Å². The number of nitrogens with one attached hydrogen (secondary N) is 5.